The molecule has 3 nitrogen and oxygen atoms in total. The monoisotopic (exact) mass is 194 g/mol. The van der Waals surface area contributed by atoms with Crippen LogP contribution in [0.5, 0.6) is 0 Å². The molecule has 0 aromatic heterocycles. The number of ether oxygens (including phenoxy) is 1. The van der Waals surface area contributed by atoms with E-state index in [1.54, 1.807) is 0 Å². The quantitative estimate of drug-likeness (QED) is 0.595. The number of morpholine rings is 1. The van der Waals surface area contributed by atoms with Crippen LogP contribution in [0.2, 0.25) is 0 Å². The SMILES string of the molecule is CC(C)C1CC2COCC(C1)N2C#N. The molecule has 2 bridgehead atoms. The summed E-state index contributed by atoms with van der Waals surface area (Å²) in [6.45, 7) is 6.05. The number of rotatable bonds is 1. The summed E-state index contributed by atoms with van der Waals surface area (Å²) < 4.78 is 5.50. The van der Waals surface area contributed by atoms with E-state index in [0.717, 1.165) is 37.9 Å². The number of piperidine rings is 1. The molecule has 0 aliphatic carbocycles. The smallest absolute Gasteiger partial charge is 0.180 e. The summed E-state index contributed by atoms with van der Waals surface area (Å²) in [6, 6.07) is 0.694. The molecule has 0 saturated carbocycles. The van der Waals surface area contributed by atoms with Crippen LogP contribution in [0.25, 0.3) is 0 Å². The molecule has 0 aromatic carbocycles. The van der Waals surface area contributed by atoms with Crippen molar-refractivity contribution in [3.63, 3.8) is 0 Å². The number of nitrogens with zero attached hydrogens (tertiary/aromatic N) is 2. The van der Waals surface area contributed by atoms with E-state index in [4.69, 9.17) is 10.00 Å². The molecule has 0 spiro atoms. The lowest BCUT2D eigenvalue weighted by Gasteiger charge is -2.46. The zero-order valence-corrected chi connectivity index (χ0v) is 8.94. The van der Waals surface area contributed by atoms with E-state index in [2.05, 4.69) is 20.0 Å². The lowest BCUT2D eigenvalue weighted by Crippen LogP contribution is -2.55. The molecular weight excluding hydrogens is 176 g/mol. The number of fused-ring (bicyclic) bond motifs is 2. The maximum absolute atomic E-state index is 9.04. The van der Waals surface area contributed by atoms with Crippen LogP contribution in [0.3, 0.4) is 0 Å². The van der Waals surface area contributed by atoms with E-state index >= 15 is 0 Å². The highest BCUT2D eigenvalue weighted by Crippen LogP contribution is 2.34. The van der Waals surface area contributed by atoms with Gasteiger partial charge in [0.15, 0.2) is 6.19 Å². The lowest BCUT2D eigenvalue weighted by molar-refractivity contribution is -0.0654. The first kappa shape index (κ1) is 9.79. The van der Waals surface area contributed by atoms with Crippen LogP contribution in [0, 0.1) is 23.3 Å². The largest absolute Gasteiger partial charge is 0.377 e. The highest BCUT2D eigenvalue weighted by Gasteiger charge is 2.39. The summed E-state index contributed by atoms with van der Waals surface area (Å²) in [5.74, 6) is 1.51. The Kier molecular flexibility index (Phi) is 2.64. The molecule has 0 amide bonds. The summed E-state index contributed by atoms with van der Waals surface area (Å²) >= 11 is 0. The first-order valence-corrected chi connectivity index (χ1v) is 5.48. The zero-order chi connectivity index (χ0) is 10.1. The third-order valence-electron chi connectivity index (χ3n) is 3.62. The standard InChI is InChI=1S/C11H18N2O/c1-8(2)9-3-10-5-14-6-11(4-9)13(10)7-12/h8-11H,3-6H2,1-2H3. The first-order chi connectivity index (χ1) is 6.72. The highest BCUT2D eigenvalue weighted by atomic mass is 16.5. The van der Waals surface area contributed by atoms with Gasteiger partial charge >= 0.3 is 0 Å². The Bertz CT molecular complexity index is 232. The Balaban J connectivity index is 2.09. The molecule has 2 rings (SSSR count). The van der Waals surface area contributed by atoms with Gasteiger partial charge in [-0.25, -0.2) is 0 Å². The summed E-state index contributed by atoms with van der Waals surface area (Å²) in [5, 5.41) is 9.04. The Morgan fingerprint density at radius 1 is 1.29 bits per heavy atom. The number of nitriles is 1. The minimum atomic E-state index is 0.347. The molecule has 3 heteroatoms. The van der Waals surface area contributed by atoms with Crippen molar-refractivity contribution in [3.8, 4) is 6.19 Å². The summed E-state index contributed by atoms with van der Waals surface area (Å²) in [7, 11) is 0. The van der Waals surface area contributed by atoms with Crippen LogP contribution in [-0.4, -0.2) is 30.2 Å². The van der Waals surface area contributed by atoms with Crippen LogP contribution in [0.1, 0.15) is 26.7 Å². The lowest BCUT2D eigenvalue weighted by atomic mass is 9.79. The van der Waals surface area contributed by atoms with Crippen LogP contribution < -0.4 is 0 Å². The molecule has 14 heavy (non-hydrogen) atoms. The fourth-order valence-electron chi connectivity index (χ4n) is 2.66. The van der Waals surface area contributed by atoms with Gasteiger partial charge in [0.05, 0.1) is 25.3 Å². The fraction of sp³-hybridized carbons (Fsp3) is 0.909. The molecule has 2 heterocycles. The fourth-order valence-corrected chi connectivity index (χ4v) is 2.66. The predicted octanol–water partition coefficient (Wildman–Crippen LogP) is 1.60. The van der Waals surface area contributed by atoms with Crippen LogP contribution >= 0.6 is 0 Å². The Morgan fingerprint density at radius 2 is 1.86 bits per heavy atom. The molecule has 2 saturated heterocycles. The van der Waals surface area contributed by atoms with Crippen LogP contribution in [0.15, 0.2) is 0 Å². The van der Waals surface area contributed by atoms with Crippen molar-refractivity contribution in [2.75, 3.05) is 13.2 Å². The van der Waals surface area contributed by atoms with E-state index in [1.807, 2.05) is 4.90 Å². The average molecular weight is 194 g/mol. The molecule has 0 N–H and O–H groups in total. The molecular formula is C11H18N2O. The maximum atomic E-state index is 9.04. The maximum Gasteiger partial charge on any atom is 0.180 e. The van der Waals surface area contributed by atoms with Gasteiger partial charge in [0.25, 0.3) is 0 Å². The van der Waals surface area contributed by atoms with Crippen molar-refractivity contribution in [2.45, 2.75) is 38.8 Å². The predicted molar refractivity (Wildman–Crippen MR) is 53.4 cm³/mol. The highest BCUT2D eigenvalue weighted by molar-refractivity contribution is 4.97. The Hall–Kier alpha value is -0.750. The Morgan fingerprint density at radius 3 is 2.29 bits per heavy atom. The van der Waals surface area contributed by atoms with Crippen molar-refractivity contribution >= 4 is 0 Å². The zero-order valence-electron chi connectivity index (χ0n) is 8.94. The van der Waals surface area contributed by atoms with E-state index in [0.29, 0.717) is 12.1 Å². The van der Waals surface area contributed by atoms with Crippen molar-refractivity contribution in [1.82, 2.24) is 4.90 Å². The topological polar surface area (TPSA) is 36.3 Å². The second-order valence-electron chi connectivity index (χ2n) is 4.83. The first-order valence-electron chi connectivity index (χ1n) is 5.48. The minimum absolute atomic E-state index is 0.347. The third-order valence-corrected chi connectivity index (χ3v) is 3.62. The van der Waals surface area contributed by atoms with Crippen molar-refractivity contribution in [3.05, 3.63) is 0 Å². The summed E-state index contributed by atoms with van der Waals surface area (Å²) in [6.07, 6.45) is 4.57. The van der Waals surface area contributed by atoms with Gasteiger partial charge in [-0.3, -0.25) is 4.90 Å². The van der Waals surface area contributed by atoms with Gasteiger partial charge in [0.2, 0.25) is 0 Å². The van der Waals surface area contributed by atoms with Gasteiger partial charge in [-0.1, -0.05) is 13.8 Å². The van der Waals surface area contributed by atoms with E-state index in [-0.39, 0.29) is 0 Å². The normalized spacial score (nSPS) is 37.0. The van der Waals surface area contributed by atoms with Crippen LogP contribution in [0.4, 0.5) is 0 Å². The number of hydrogen-bond acceptors (Lipinski definition) is 3. The van der Waals surface area contributed by atoms with Crippen molar-refractivity contribution in [2.24, 2.45) is 11.8 Å². The molecule has 2 fully saturated rings. The molecule has 2 unspecified atom stereocenters. The molecule has 0 aromatic rings. The van der Waals surface area contributed by atoms with Gasteiger partial charge in [-0.2, -0.15) is 5.26 Å². The van der Waals surface area contributed by atoms with E-state index < -0.39 is 0 Å². The van der Waals surface area contributed by atoms with E-state index in [1.165, 1.54) is 0 Å². The van der Waals surface area contributed by atoms with Gasteiger partial charge in [-0.05, 0) is 24.7 Å². The van der Waals surface area contributed by atoms with Crippen molar-refractivity contribution < 1.29 is 4.74 Å². The van der Waals surface area contributed by atoms with Gasteiger partial charge in [0, 0.05) is 0 Å². The van der Waals surface area contributed by atoms with Crippen molar-refractivity contribution in [1.29, 1.82) is 5.26 Å². The average Bonchev–Trinajstić information content (AvgIpc) is 2.15. The second kappa shape index (κ2) is 3.78. The Labute approximate surface area is 85.6 Å². The second-order valence-corrected chi connectivity index (χ2v) is 4.83. The van der Waals surface area contributed by atoms with Gasteiger partial charge in [0.1, 0.15) is 0 Å². The molecule has 2 aliphatic heterocycles. The minimum Gasteiger partial charge on any atom is -0.377 e. The molecule has 78 valence electrons. The van der Waals surface area contributed by atoms with Gasteiger partial charge in [-0.15, -0.1) is 0 Å². The molecule has 2 atom stereocenters. The number of hydrogen-bond donors (Lipinski definition) is 0. The summed E-state index contributed by atoms with van der Waals surface area (Å²) in [4.78, 5) is 1.96. The van der Waals surface area contributed by atoms with Crippen LogP contribution in [-0.2, 0) is 4.74 Å². The molecule has 2 aliphatic rings. The summed E-state index contributed by atoms with van der Waals surface area (Å²) in [5.41, 5.74) is 0. The van der Waals surface area contributed by atoms with E-state index in [9.17, 15) is 0 Å². The third kappa shape index (κ3) is 1.59. The van der Waals surface area contributed by atoms with Gasteiger partial charge < -0.3 is 4.74 Å². The molecule has 0 radical (unpaired) electrons.